The molecule has 0 saturated carbocycles. The molecule has 1 aliphatic rings. The SMILES string of the molecule is Cl.O=C(CCC1CCNCC1)Nc1scnc1-c1ccccc1. The highest BCUT2D eigenvalue weighted by atomic mass is 35.5. The molecule has 0 atom stereocenters. The summed E-state index contributed by atoms with van der Waals surface area (Å²) < 4.78 is 0. The number of carbonyl (C=O) groups excluding carboxylic acids is 1. The van der Waals surface area contributed by atoms with Gasteiger partial charge in [0.1, 0.15) is 10.7 Å². The summed E-state index contributed by atoms with van der Waals surface area (Å²) >= 11 is 1.48. The van der Waals surface area contributed by atoms with Crippen LogP contribution in [-0.2, 0) is 4.79 Å². The zero-order chi connectivity index (χ0) is 15.2. The fourth-order valence-corrected chi connectivity index (χ4v) is 3.55. The van der Waals surface area contributed by atoms with E-state index in [1.165, 1.54) is 24.2 Å². The molecule has 124 valence electrons. The summed E-state index contributed by atoms with van der Waals surface area (Å²) in [5.41, 5.74) is 3.68. The number of nitrogens with zero attached hydrogens (tertiary/aromatic N) is 1. The van der Waals surface area contributed by atoms with Gasteiger partial charge in [-0.1, -0.05) is 30.3 Å². The minimum absolute atomic E-state index is 0. The first-order valence-corrected chi connectivity index (χ1v) is 8.70. The highest BCUT2D eigenvalue weighted by Crippen LogP contribution is 2.30. The number of aromatic nitrogens is 1. The van der Waals surface area contributed by atoms with Crippen LogP contribution in [0, 0.1) is 5.92 Å². The zero-order valence-corrected chi connectivity index (χ0v) is 14.6. The first kappa shape index (κ1) is 17.9. The average molecular weight is 352 g/mol. The molecule has 1 fully saturated rings. The van der Waals surface area contributed by atoms with Crippen molar-refractivity contribution in [1.82, 2.24) is 10.3 Å². The second-order valence-corrected chi connectivity index (χ2v) is 6.53. The number of rotatable bonds is 5. The lowest BCUT2D eigenvalue weighted by atomic mass is 9.93. The number of piperidine rings is 1. The highest BCUT2D eigenvalue weighted by molar-refractivity contribution is 7.14. The Balaban J connectivity index is 0.00000192. The van der Waals surface area contributed by atoms with Gasteiger partial charge in [-0.15, -0.1) is 23.7 Å². The number of benzene rings is 1. The van der Waals surface area contributed by atoms with E-state index in [1.54, 1.807) is 5.51 Å². The second-order valence-electron chi connectivity index (χ2n) is 5.68. The second kappa shape index (κ2) is 9.01. The number of hydrogen-bond donors (Lipinski definition) is 2. The van der Waals surface area contributed by atoms with Gasteiger partial charge < -0.3 is 10.6 Å². The molecule has 4 nitrogen and oxygen atoms in total. The molecule has 3 rings (SSSR count). The van der Waals surface area contributed by atoms with Gasteiger partial charge in [-0.25, -0.2) is 4.98 Å². The van der Waals surface area contributed by atoms with E-state index in [1.807, 2.05) is 30.3 Å². The van der Waals surface area contributed by atoms with Crippen molar-refractivity contribution in [1.29, 1.82) is 0 Å². The molecule has 0 spiro atoms. The summed E-state index contributed by atoms with van der Waals surface area (Å²) in [7, 11) is 0. The van der Waals surface area contributed by atoms with Gasteiger partial charge in [0.25, 0.3) is 0 Å². The first-order valence-electron chi connectivity index (χ1n) is 7.82. The van der Waals surface area contributed by atoms with Crippen LogP contribution in [0.15, 0.2) is 35.8 Å². The fourth-order valence-electron chi connectivity index (χ4n) is 2.83. The van der Waals surface area contributed by atoms with Gasteiger partial charge in [0.05, 0.1) is 5.51 Å². The number of carbonyl (C=O) groups is 1. The molecule has 23 heavy (non-hydrogen) atoms. The lowest BCUT2D eigenvalue weighted by molar-refractivity contribution is -0.116. The standard InChI is InChI=1S/C17H21N3OS.ClH/c21-15(7-6-13-8-10-18-11-9-13)20-17-16(19-12-22-17)14-4-2-1-3-5-14;/h1-5,12-13,18H,6-11H2,(H,20,21);1H. The predicted octanol–water partition coefficient (Wildman–Crippen LogP) is 3.95. The molecule has 0 aliphatic carbocycles. The van der Waals surface area contributed by atoms with E-state index in [2.05, 4.69) is 15.6 Å². The lowest BCUT2D eigenvalue weighted by Gasteiger charge is -2.22. The first-order chi connectivity index (χ1) is 10.8. The Labute approximate surface area is 147 Å². The van der Waals surface area contributed by atoms with Crippen molar-refractivity contribution in [2.24, 2.45) is 5.92 Å². The largest absolute Gasteiger partial charge is 0.317 e. The Hall–Kier alpha value is -1.43. The fraction of sp³-hybridized carbons (Fsp3) is 0.412. The topological polar surface area (TPSA) is 54.0 Å². The van der Waals surface area contributed by atoms with Gasteiger partial charge in [-0.3, -0.25) is 4.79 Å². The predicted molar refractivity (Wildman–Crippen MR) is 98.3 cm³/mol. The van der Waals surface area contributed by atoms with Crippen molar-refractivity contribution in [3.05, 3.63) is 35.8 Å². The summed E-state index contributed by atoms with van der Waals surface area (Å²) in [5, 5.41) is 7.24. The molecule has 1 aromatic carbocycles. The normalized spacial score (nSPS) is 15.0. The summed E-state index contributed by atoms with van der Waals surface area (Å²) in [4.78, 5) is 16.6. The molecule has 0 radical (unpaired) electrons. The Morgan fingerprint density at radius 3 is 2.74 bits per heavy atom. The van der Waals surface area contributed by atoms with E-state index in [4.69, 9.17) is 0 Å². The van der Waals surface area contributed by atoms with Crippen molar-refractivity contribution in [3.8, 4) is 11.3 Å². The summed E-state index contributed by atoms with van der Waals surface area (Å²) in [6.45, 7) is 2.17. The van der Waals surface area contributed by atoms with Crippen molar-refractivity contribution in [2.75, 3.05) is 18.4 Å². The molecule has 0 unspecified atom stereocenters. The molecule has 6 heteroatoms. The van der Waals surface area contributed by atoms with Crippen LogP contribution in [0.1, 0.15) is 25.7 Å². The smallest absolute Gasteiger partial charge is 0.225 e. The minimum atomic E-state index is 0. The quantitative estimate of drug-likeness (QED) is 0.857. The molecule has 1 saturated heterocycles. The molecule has 0 bridgehead atoms. The van der Waals surface area contributed by atoms with Gasteiger partial charge in [0.2, 0.25) is 5.91 Å². The molecular weight excluding hydrogens is 330 g/mol. The Kier molecular flexibility index (Phi) is 7.02. The number of thiazole rings is 1. The number of amides is 1. The van der Waals surface area contributed by atoms with Crippen LogP contribution in [0.5, 0.6) is 0 Å². The van der Waals surface area contributed by atoms with E-state index >= 15 is 0 Å². The van der Waals surface area contributed by atoms with E-state index in [9.17, 15) is 4.79 Å². The molecule has 1 amide bonds. The molecule has 2 N–H and O–H groups in total. The Morgan fingerprint density at radius 2 is 2.00 bits per heavy atom. The maximum Gasteiger partial charge on any atom is 0.225 e. The minimum Gasteiger partial charge on any atom is -0.317 e. The van der Waals surface area contributed by atoms with E-state index in [-0.39, 0.29) is 18.3 Å². The number of nitrogens with one attached hydrogen (secondary N) is 2. The van der Waals surface area contributed by atoms with Gasteiger partial charge >= 0.3 is 0 Å². The molecular formula is C17H22ClN3OS. The van der Waals surface area contributed by atoms with Crippen LogP contribution in [0.25, 0.3) is 11.3 Å². The van der Waals surface area contributed by atoms with E-state index in [0.29, 0.717) is 12.3 Å². The van der Waals surface area contributed by atoms with Crippen LogP contribution in [0.2, 0.25) is 0 Å². The monoisotopic (exact) mass is 351 g/mol. The summed E-state index contributed by atoms with van der Waals surface area (Å²) in [6.07, 6.45) is 3.94. The summed E-state index contributed by atoms with van der Waals surface area (Å²) in [5.74, 6) is 0.780. The third-order valence-corrected chi connectivity index (χ3v) is 4.85. The van der Waals surface area contributed by atoms with Crippen molar-refractivity contribution >= 4 is 34.7 Å². The average Bonchev–Trinajstić information content (AvgIpc) is 3.03. The van der Waals surface area contributed by atoms with Gasteiger partial charge in [0.15, 0.2) is 0 Å². The zero-order valence-electron chi connectivity index (χ0n) is 13.0. The van der Waals surface area contributed by atoms with E-state index < -0.39 is 0 Å². The van der Waals surface area contributed by atoms with Crippen LogP contribution >= 0.6 is 23.7 Å². The molecule has 1 aliphatic heterocycles. The molecule has 2 aromatic rings. The Morgan fingerprint density at radius 1 is 1.26 bits per heavy atom. The summed E-state index contributed by atoms with van der Waals surface area (Å²) in [6, 6.07) is 9.97. The maximum absolute atomic E-state index is 12.2. The van der Waals surface area contributed by atoms with Crippen LogP contribution < -0.4 is 10.6 Å². The highest BCUT2D eigenvalue weighted by Gasteiger charge is 2.16. The molecule has 1 aromatic heterocycles. The van der Waals surface area contributed by atoms with Crippen LogP contribution in [0.4, 0.5) is 5.00 Å². The van der Waals surface area contributed by atoms with Crippen LogP contribution in [0.3, 0.4) is 0 Å². The number of anilines is 1. The van der Waals surface area contributed by atoms with Crippen molar-refractivity contribution in [3.63, 3.8) is 0 Å². The van der Waals surface area contributed by atoms with Crippen LogP contribution in [-0.4, -0.2) is 24.0 Å². The van der Waals surface area contributed by atoms with Gasteiger partial charge in [0, 0.05) is 12.0 Å². The van der Waals surface area contributed by atoms with Crippen molar-refractivity contribution < 1.29 is 4.79 Å². The van der Waals surface area contributed by atoms with Crippen molar-refractivity contribution in [2.45, 2.75) is 25.7 Å². The van der Waals surface area contributed by atoms with E-state index in [0.717, 1.165) is 35.8 Å². The van der Waals surface area contributed by atoms with Gasteiger partial charge in [-0.05, 0) is 38.3 Å². The lowest BCUT2D eigenvalue weighted by Crippen LogP contribution is -2.28. The Bertz CT molecular complexity index is 611. The third kappa shape index (κ3) is 5.03. The number of hydrogen-bond acceptors (Lipinski definition) is 4. The molecule has 2 heterocycles. The van der Waals surface area contributed by atoms with Gasteiger partial charge in [-0.2, -0.15) is 0 Å². The third-order valence-electron chi connectivity index (χ3n) is 4.11. The number of halogens is 1. The maximum atomic E-state index is 12.2.